The molecular formula is C15H15NO3S. The third-order valence-electron chi connectivity index (χ3n) is 3.27. The lowest BCUT2D eigenvalue weighted by Gasteiger charge is -2.30. The van der Waals surface area contributed by atoms with Gasteiger partial charge in [-0.1, -0.05) is 24.3 Å². The Bertz CT molecular complexity index is 726. The number of anilines is 1. The molecule has 0 saturated carbocycles. The van der Waals surface area contributed by atoms with Crippen molar-refractivity contribution in [1.29, 1.82) is 0 Å². The van der Waals surface area contributed by atoms with Crippen LogP contribution in [0.2, 0.25) is 0 Å². The molecular weight excluding hydrogens is 274 g/mol. The molecule has 1 heterocycles. The molecule has 0 unspecified atom stereocenters. The molecule has 2 aromatic rings. The van der Waals surface area contributed by atoms with Crippen LogP contribution in [0.15, 0.2) is 53.4 Å². The number of rotatable bonds is 2. The summed E-state index contributed by atoms with van der Waals surface area (Å²) in [5.41, 5.74) is 1.61. The summed E-state index contributed by atoms with van der Waals surface area (Å²) in [5.74, 6) is 0.612. The van der Waals surface area contributed by atoms with Gasteiger partial charge in [0.25, 0.3) is 10.0 Å². The maximum atomic E-state index is 12.7. The predicted octanol–water partition coefficient (Wildman–Crippen LogP) is 2.58. The van der Waals surface area contributed by atoms with Gasteiger partial charge in [0.05, 0.1) is 17.1 Å². The number of ether oxygens (including phenoxy) is 1. The molecule has 0 saturated heterocycles. The Balaban J connectivity index is 2.11. The fourth-order valence-corrected chi connectivity index (χ4v) is 3.74. The molecule has 104 valence electrons. The van der Waals surface area contributed by atoms with E-state index in [2.05, 4.69) is 0 Å². The van der Waals surface area contributed by atoms with Crippen LogP contribution in [0.25, 0.3) is 0 Å². The number of hydrogen-bond donors (Lipinski definition) is 0. The molecule has 5 heteroatoms. The minimum absolute atomic E-state index is 0.300. The van der Waals surface area contributed by atoms with Gasteiger partial charge in [-0.15, -0.1) is 0 Å². The first-order valence-electron chi connectivity index (χ1n) is 6.40. The highest BCUT2D eigenvalue weighted by Crippen LogP contribution is 2.35. The Morgan fingerprint density at radius 3 is 2.60 bits per heavy atom. The van der Waals surface area contributed by atoms with E-state index in [4.69, 9.17) is 4.74 Å². The third-order valence-corrected chi connectivity index (χ3v) is 5.09. The van der Waals surface area contributed by atoms with Crippen LogP contribution >= 0.6 is 0 Å². The molecule has 0 radical (unpaired) electrons. The lowest BCUT2D eigenvalue weighted by atomic mass is 10.2. The van der Waals surface area contributed by atoms with Crippen LogP contribution in [0.5, 0.6) is 5.75 Å². The van der Waals surface area contributed by atoms with Crippen LogP contribution in [-0.4, -0.2) is 21.6 Å². The Labute approximate surface area is 118 Å². The minimum atomic E-state index is -3.54. The van der Waals surface area contributed by atoms with Crippen LogP contribution in [-0.2, 0) is 10.0 Å². The highest BCUT2D eigenvalue weighted by Gasteiger charge is 2.29. The first-order valence-corrected chi connectivity index (χ1v) is 7.84. The zero-order valence-corrected chi connectivity index (χ0v) is 11.9. The highest BCUT2D eigenvalue weighted by atomic mass is 32.2. The summed E-state index contributed by atoms with van der Waals surface area (Å²) >= 11 is 0. The SMILES string of the molecule is Cc1ccc2c(c1)N(S(=O)(=O)c1ccccc1)CCO2. The van der Waals surface area contributed by atoms with Gasteiger partial charge in [-0.2, -0.15) is 0 Å². The lowest BCUT2D eigenvalue weighted by molar-refractivity contribution is 0.315. The molecule has 0 aliphatic carbocycles. The molecule has 20 heavy (non-hydrogen) atoms. The molecule has 1 aliphatic rings. The fourth-order valence-electron chi connectivity index (χ4n) is 2.27. The van der Waals surface area contributed by atoms with Crippen LogP contribution in [0.1, 0.15) is 5.56 Å². The van der Waals surface area contributed by atoms with Crippen molar-refractivity contribution >= 4 is 15.7 Å². The molecule has 2 aromatic carbocycles. The summed E-state index contributed by atoms with van der Waals surface area (Å²) < 4.78 is 32.4. The topological polar surface area (TPSA) is 46.6 Å². The Hall–Kier alpha value is -2.01. The first-order chi connectivity index (χ1) is 9.59. The van der Waals surface area contributed by atoms with E-state index in [0.717, 1.165) is 5.56 Å². The number of hydrogen-bond acceptors (Lipinski definition) is 3. The van der Waals surface area contributed by atoms with Gasteiger partial charge in [-0.05, 0) is 36.8 Å². The second-order valence-electron chi connectivity index (χ2n) is 4.71. The molecule has 0 atom stereocenters. The van der Waals surface area contributed by atoms with Crippen molar-refractivity contribution in [2.24, 2.45) is 0 Å². The summed E-state index contributed by atoms with van der Waals surface area (Å²) in [6, 6.07) is 14.1. The van der Waals surface area contributed by atoms with E-state index in [-0.39, 0.29) is 0 Å². The Kier molecular flexibility index (Phi) is 3.14. The maximum Gasteiger partial charge on any atom is 0.264 e. The summed E-state index contributed by atoms with van der Waals surface area (Å²) in [7, 11) is -3.54. The third kappa shape index (κ3) is 2.14. The monoisotopic (exact) mass is 289 g/mol. The second kappa shape index (κ2) is 4.83. The van der Waals surface area contributed by atoms with Gasteiger partial charge in [0.1, 0.15) is 12.4 Å². The van der Waals surface area contributed by atoms with E-state index in [1.807, 2.05) is 25.1 Å². The van der Waals surface area contributed by atoms with Crippen molar-refractivity contribution in [3.63, 3.8) is 0 Å². The number of benzene rings is 2. The van der Waals surface area contributed by atoms with Crippen molar-refractivity contribution in [3.8, 4) is 5.75 Å². The average molecular weight is 289 g/mol. The van der Waals surface area contributed by atoms with Crippen LogP contribution in [0, 0.1) is 6.92 Å². The van der Waals surface area contributed by atoms with E-state index in [0.29, 0.717) is 29.5 Å². The maximum absolute atomic E-state index is 12.7. The molecule has 0 fully saturated rings. The van der Waals surface area contributed by atoms with E-state index in [9.17, 15) is 8.42 Å². The molecule has 0 spiro atoms. The molecule has 0 bridgehead atoms. The van der Waals surface area contributed by atoms with Crippen molar-refractivity contribution in [1.82, 2.24) is 0 Å². The minimum Gasteiger partial charge on any atom is -0.489 e. The van der Waals surface area contributed by atoms with Crippen LogP contribution in [0.3, 0.4) is 0 Å². The van der Waals surface area contributed by atoms with Crippen molar-refractivity contribution < 1.29 is 13.2 Å². The van der Waals surface area contributed by atoms with E-state index in [1.54, 1.807) is 30.3 Å². The van der Waals surface area contributed by atoms with Gasteiger partial charge in [0.15, 0.2) is 0 Å². The van der Waals surface area contributed by atoms with Crippen molar-refractivity contribution in [2.75, 3.05) is 17.5 Å². The van der Waals surface area contributed by atoms with Crippen molar-refractivity contribution in [2.45, 2.75) is 11.8 Å². The Morgan fingerprint density at radius 1 is 1.10 bits per heavy atom. The zero-order valence-electron chi connectivity index (χ0n) is 11.1. The van der Waals surface area contributed by atoms with Crippen LogP contribution in [0.4, 0.5) is 5.69 Å². The van der Waals surface area contributed by atoms with E-state index < -0.39 is 10.0 Å². The second-order valence-corrected chi connectivity index (χ2v) is 6.57. The number of fused-ring (bicyclic) bond motifs is 1. The summed E-state index contributed by atoms with van der Waals surface area (Å²) in [6.07, 6.45) is 0. The Morgan fingerprint density at radius 2 is 1.85 bits per heavy atom. The summed E-state index contributed by atoms with van der Waals surface area (Å²) in [6.45, 7) is 2.62. The zero-order chi connectivity index (χ0) is 14.2. The summed E-state index contributed by atoms with van der Waals surface area (Å²) in [4.78, 5) is 0.300. The van der Waals surface area contributed by atoms with Gasteiger partial charge in [0, 0.05) is 0 Å². The predicted molar refractivity (Wildman–Crippen MR) is 77.6 cm³/mol. The standard InChI is InChI=1S/C15H15NO3S/c1-12-7-8-15-14(11-12)16(9-10-19-15)20(17,18)13-5-3-2-4-6-13/h2-8,11H,9-10H2,1H3. The highest BCUT2D eigenvalue weighted by molar-refractivity contribution is 7.92. The molecule has 0 amide bonds. The number of nitrogens with zero attached hydrogens (tertiary/aromatic N) is 1. The smallest absolute Gasteiger partial charge is 0.264 e. The fraction of sp³-hybridized carbons (Fsp3) is 0.200. The van der Waals surface area contributed by atoms with Gasteiger partial charge in [-0.3, -0.25) is 4.31 Å². The first kappa shape index (κ1) is 13.0. The molecule has 0 N–H and O–H groups in total. The van der Waals surface area contributed by atoms with Gasteiger partial charge in [-0.25, -0.2) is 8.42 Å². The van der Waals surface area contributed by atoms with Gasteiger partial charge < -0.3 is 4.74 Å². The molecule has 1 aliphatic heterocycles. The number of aryl methyl sites for hydroxylation is 1. The van der Waals surface area contributed by atoms with E-state index in [1.165, 1.54) is 4.31 Å². The lowest BCUT2D eigenvalue weighted by Crippen LogP contribution is -2.37. The van der Waals surface area contributed by atoms with E-state index >= 15 is 0 Å². The van der Waals surface area contributed by atoms with Gasteiger partial charge in [0.2, 0.25) is 0 Å². The van der Waals surface area contributed by atoms with Crippen molar-refractivity contribution in [3.05, 3.63) is 54.1 Å². The molecule has 3 rings (SSSR count). The molecule has 4 nitrogen and oxygen atoms in total. The largest absolute Gasteiger partial charge is 0.489 e. The summed E-state index contributed by atoms with van der Waals surface area (Å²) in [5, 5.41) is 0. The average Bonchev–Trinajstić information content (AvgIpc) is 2.47. The van der Waals surface area contributed by atoms with Gasteiger partial charge >= 0.3 is 0 Å². The normalized spacial score (nSPS) is 14.6. The quantitative estimate of drug-likeness (QED) is 0.853. The van der Waals surface area contributed by atoms with Crippen LogP contribution < -0.4 is 9.04 Å². The molecule has 0 aromatic heterocycles. The number of sulfonamides is 1.